The summed E-state index contributed by atoms with van der Waals surface area (Å²) in [4.78, 5) is 0. The number of benzene rings is 1. The van der Waals surface area contributed by atoms with E-state index in [0.717, 1.165) is 24.1 Å². The van der Waals surface area contributed by atoms with Crippen LogP contribution in [0.4, 0.5) is 0 Å². The van der Waals surface area contributed by atoms with Crippen molar-refractivity contribution in [3.05, 3.63) is 41.1 Å². The van der Waals surface area contributed by atoms with Crippen molar-refractivity contribution in [2.24, 2.45) is 5.73 Å². The van der Waals surface area contributed by atoms with Crippen LogP contribution in [0.2, 0.25) is 0 Å². The maximum Gasteiger partial charge on any atom is 0.0971 e. The molecular weight excluding hydrogens is 198 g/mol. The van der Waals surface area contributed by atoms with E-state index in [4.69, 9.17) is 5.73 Å². The zero-order chi connectivity index (χ0) is 11.1. The largest absolute Gasteiger partial charge is 0.324 e. The minimum atomic E-state index is 0.143. The van der Waals surface area contributed by atoms with Crippen LogP contribution in [0.25, 0.3) is 11.3 Å². The molecule has 1 aliphatic rings. The van der Waals surface area contributed by atoms with Gasteiger partial charge in [0.25, 0.3) is 0 Å². The van der Waals surface area contributed by atoms with Gasteiger partial charge >= 0.3 is 0 Å². The Hall–Kier alpha value is -1.61. The Labute approximate surface area is 94.7 Å². The van der Waals surface area contributed by atoms with Gasteiger partial charge in [-0.2, -0.15) is 5.10 Å². The van der Waals surface area contributed by atoms with Crippen molar-refractivity contribution in [2.75, 3.05) is 0 Å². The Morgan fingerprint density at radius 3 is 3.12 bits per heavy atom. The molecule has 1 aromatic heterocycles. The number of hydrogen-bond acceptors (Lipinski definition) is 2. The molecule has 1 heterocycles. The van der Waals surface area contributed by atoms with Crippen molar-refractivity contribution in [3.8, 4) is 11.3 Å². The fourth-order valence-corrected chi connectivity index (χ4v) is 2.43. The van der Waals surface area contributed by atoms with E-state index in [1.54, 1.807) is 0 Å². The summed E-state index contributed by atoms with van der Waals surface area (Å²) < 4.78 is 0. The third-order valence-corrected chi connectivity index (χ3v) is 3.25. The lowest BCUT2D eigenvalue weighted by molar-refractivity contribution is 0.705. The minimum absolute atomic E-state index is 0.143. The maximum atomic E-state index is 6.11. The normalized spacial score (nSPS) is 18.8. The monoisotopic (exact) mass is 213 g/mol. The van der Waals surface area contributed by atoms with E-state index in [1.165, 1.54) is 16.8 Å². The summed E-state index contributed by atoms with van der Waals surface area (Å²) in [6, 6.07) is 8.54. The van der Waals surface area contributed by atoms with Crippen molar-refractivity contribution >= 4 is 0 Å². The van der Waals surface area contributed by atoms with Crippen molar-refractivity contribution in [3.63, 3.8) is 0 Å². The highest BCUT2D eigenvalue weighted by molar-refractivity contribution is 5.66. The number of nitrogens with two attached hydrogens (primary N) is 1. The summed E-state index contributed by atoms with van der Waals surface area (Å²) in [6.07, 6.45) is 2.05. The van der Waals surface area contributed by atoms with Crippen molar-refractivity contribution < 1.29 is 0 Å². The lowest BCUT2D eigenvalue weighted by Crippen LogP contribution is -2.06. The van der Waals surface area contributed by atoms with Gasteiger partial charge in [0.2, 0.25) is 0 Å². The molecular formula is C13H15N3. The fraction of sp³-hybridized carbons (Fsp3) is 0.308. The van der Waals surface area contributed by atoms with Crippen LogP contribution in [0.5, 0.6) is 0 Å². The molecule has 0 bridgehead atoms. The summed E-state index contributed by atoms with van der Waals surface area (Å²) >= 11 is 0. The number of aromatic nitrogens is 2. The lowest BCUT2D eigenvalue weighted by atomic mass is 10.0. The Balaban J connectivity index is 2.14. The van der Waals surface area contributed by atoms with E-state index in [9.17, 15) is 0 Å². The molecule has 3 rings (SSSR count). The Morgan fingerprint density at radius 2 is 2.31 bits per heavy atom. The van der Waals surface area contributed by atoms with Crippen LogP contribution < -0.4 is 5.73 Å². The SMILES string of the molecule is Cc1cccc(-c2n[nH]c3c2C(N)CC3)c1. The molecule has 2 aromatic rings. The molecule has 0 radical (unpaired) electrons. The average molecular weight is 213 g/mol. The number of fused-ring (bicyclic) bond motifs is 1. The predicted octanol–water partition coefficient (Wildman–Crippen LogP) is 2.33. The van der Waals surface area contributed by atoms with E-state index in [2.05, 4.69) is 41.4 Å². The number of hydrogen-bond donors (Lipinski definition) is 2. The second-order valence-corrected chi connectivity index (χ2v) is 4.48. The number of nitrogens with zero attached hydrogens (tertiary/aromatic N) is 1. The first kappa shape index (κ1) is 9.60. The van der Waals surface area contributed by atoms with Crippen LogP contribution >= 0.6 is 0 Å². The minimum Gasteiger partial charge on any atom is -0.324 e. The molecule has 1 unspecified atom stereocenters. The van der Waals surface area contributed by atoms with Gasteiger partial charge in [-0.05, 0) is 25.8 Å². The van der Waals surface area contributed by atoms with Crippen molar-refractivity contribution in [2.45, 2.75) is 25.8 Å². The standard InChI is InChI=1S/C13H15N3/c1-8-3-2-4-9(7-8)13-12-10(14)5-6-11(12)15-16-13/h2-4,7,10H,5-6,14H2,1H3,(H,15,16). The van der Waals surface area contributed by atoms with Crippen LogP contribution in [0, 0.1) is 6.92 Å². The molecule has 0 aliphatic heterocycles. The summed E-state index contributed by atoms with van der Waals surface area (Å²) in [5, 5.41) is 7.50. The highest BCUT2D eigenvalue weighted by Gasteiger charge is 2.25. The highest BCUT2D eigenvalue weighted by atomic mass is 15.1. The Morgan fingerprint density at radius 1 is 1.44 bits per heavy atom. The van der Waals surface area contributed by atoms with E-state index < -0.39 is 0 Å². The van der Waals surface area contributed by atoms with E-state index in [-0.39, 0.29) is 6.04 Å². The van der Waals surface area contributed by atoms with E-state index >= 15 is 0 Å². The highest BCUT2D eigenvalue weighted by Crippen LogP contribution is 2.35. The molecule has 0 fully saturated rings. The number of rotatable bonds is 1. The number of aryl methyl sites for hydroxylation is 2. The topological polar surface area (TPSA) is 54.7 Å². The second kappa shape index (κ2) is 3.46. The molecule has 1 aromatic carbocycles. The molecule has 1 atom stereocenters. The Kier molecular flexibility index (Phi) is 2.07. The number of H-pyrrole nitrogens is 1. The van der Waals surface area contributed by atoms with Crippen LogP contribution in [0.15, 0.2) is 24.3 Å². The quantitative estimate of drug-likeness (QED) is 0.763. The maximum absolute atomic E-state index is 6.11. The predicted molar refractivity (Wildman–Crippen MR) is 64.0 cm³/mol. The van der Waals surface area contributed by atoms with Gasteiger partial charge in [-0.15, -0.1) is 0 Å². The summed E-state index contributed by atoms with van der Waals surface area (Å²) in [6.45, 7) is 2.09. The second-order valence-electron chi connectivity index (χ2n) is 4.48. The third kappa shape index (κ3) is 1.36. The first-order valence-electron chi connectivity index (χ1n) is 5.65. The van der Waals surface area contributed by atoms with Gasteiger partial charge in [-0.25, -0.2) is 0 Å². The van der Waals surface area contributed by atoms with Crippen LogP contribution in [-0.4, -0.2) is 10.2 Å². The fourth-order valence-electron chi connectivity index (χ4n) is 2.43. The van der Waals surface area contributed by atoms with E-state index in [0.29, 0.717) is 0 Å². The summed E-state index contributed by atoms with van der Waals surface area (Å²) in [7, 11) is 0. The van der Waals surface area contributed by atoms with Crippen molar-refractivity contribution in [1.29, 1.82) is 0 Å². The molecule has 0 spiro atoms. The van der Waals surface area contributed by atoms with Gasteiger partial charge in [-0.1, -0.05) is 23.8 Å². The van der Waals surface area contributed by atoms with Gasteiger partial charge in [-0.3, -0.25) is 5.10 Å². The molecule has 0 saturated carbocycles. The van der Waals surface area contributed by atoms with Crippen LogP contribution in [-0.2, 0) is 6.42 Å². The molecule has 1 aliphatic carbocycles. The Bertz CT molecular complexity index is 528. The number of aromatic amines is 1. The summed E-state index contributed by atoms with van der Waals surface area (Å²) in [5.74, 6) is 0. The zero-order valence-electron chi connectivity index (χ0n) is 9.33. The zero-order valence-corrected chi connectivity index (χ0v) is 9.33. The first-order valence-corrected chi connectivity index (χ1v) is 5.65. The van der Waals surface area contributed by atoms with Gasteiger partial charge < -0.3 is 5.73 Å². The molecule has 0 saturated heterocycles. The first-order chi connectivity index (χ1) is 7.75. The van der Waals surface area contributed by atoms with Gasteiger partial charge in [0.05, 0.1) is 5.69 Å². The van der Waals surface area contributed by atoms with Gasteiger partial charge in [0.1, 0.15) is 0 Å². The lowest BCUT2D eigenvalue weighted by Gasteiger charge is -2.06. The van der Waals surface area contributed by atoms with Gasteiger partial charge in [0.15, 0.2) is 0 Å². The van der Waals surface area contributed by atoms with Crippen LogP contribution in [0.1, 0.15) is 29.3 Å². The summed E-state index contributed by atoms with van der Waals surface area (Å²) in [5.41, 5.74) is 12.0. The molecule has 3 heteroatoms. The number of nitrogens with one attached hydrogen (secondary N) is 1. The third-order valence-electron chi connectivity index (χ3n) is 3.25. The van der Waals surface area contributed by atoms with Gasteiger partial charge in [0, 0.05) is 22.9 Å². The van der Waals surface area contributed by atoms with Crippen LogP contribution in [0.3, 0.4) is 0 Å². The smallest absolute Gasteiger partial charge is 0.0971 e. The molecule has 3 nitrogen and oxygen atoms in total. The molecule has 0 amide bonds. The molecule has 3 N–H and O–H groups in total. The molecule has 16 heavy (non-hydrogen) atoms. The molecule has 82 valence electrons. The van der Waals surface area contributed by atoms with Crippen molar-refractivity contribution in [1.82, 2.24) is 10.2 Å². The average Bonchev–Trinajstić information content (AvgIpc) is 2.82. The van der Waals surface area contributed by atoms with E-state index in [1.807, 2.05) is 0 Å².